The van der Waals surface area contributed by atoms with Crippen LogP contribution in [0.5, 0.6) is 0 Å². The van der Waals surface area contributed by atoms with Gasteiger partial charge in [0.05, 0.1) is 18.6 Å². The lowest BCUT2D eigenvalue weighted by Gasteiger charge is -2.10. The largest absolute Gasteiger partial charge is 0.364 e. The molecular formula is C17H20IN5O. The third-order valence-corrected chi connectivity index (χ3v) is 3.42. The number of aromatic nitrogens is 2. The van der Waals surface area contributed by atoms with Crippen LogP contribution in [0.2, 0.25) is 0 Å². The number of benzene rings is 1. The van der Waals surface area contributed by atoms with E-state index in [2.05, 4.69) is 31.8 Å². The van der Waals surface area contributed by atoms with Crippen LogP contribution in [0.3, 0.4) is 0 Å². The van der Waals surface area contributed by atoms with E-state index in [4.69, 9.17) is 4.52 Å². The van der Waals surface area contributed by atoms with Gasteiger partial charge < -0.3 is 15.2 Å². The molecule has 0 atom stereocenters. The van der Waals surface area contributed by atoms with Crippen molar-refractivity contribution in [1.82, 2.24) is 20.8 Å². The molecule has 0 radical (unpaired) electrons. The Kier molecular flexibility index (Phi) is 6.98. The molecular weight excluding hydrogens is 417 g/mol. The number of aliphatic imine (C=N–C) groups is 1. The summed E-state index contributed by atoms with van der Waals surface area (Å²) in [5, 5.41) is 11.5. The first-order valence-corrected chi connectivity index (χ1v) is 7.61. The Hall–Kier alpha value is -2.16. The van der Waals surface area contributed by atoms with E-state index in [0.717, 1.165) is 34.7 Å². The van der Waals surface area contributed by atoms with Crippen molar-refractivity contribution in [3.05, 3.63) is 60.1 Å². The molecule has 0 bridgehead atoms. The highest BCUT2D eigenvalue weighted by molar-refractivity contribution is 14.0. The summed E-state index contributed by atoms with van der Waals surface area (Å²) in [6.45, 7) is 3.98. The van der Waals surface area contributed by atoms with Crippen LogP contribution in [0, 0.1) is 0 Å². The van der Waals surface area contributed by atoms with Crippen molar-refractivity contribution in [3.63, 3.8) is 0 Å². The third kappa shape index (κ3) is 4.67. The second kappa shape index (κ2) is 9.21. The predicted octanol–water partition coefficient (Wildman–Crippen LogP) is 3.10. The molecule has 7 heteroatoms. The lowest BCUT2D eigenvalue weighted by Crippen LogP contribution is -2.36. The summed E-state index contributed by atoms with van der Waals surface area (Å²) < 4.78 is 4.83. The minimum Gasteiger partial charge on any atom is -0.364 e. The molecule has 24 heavy (non-hydrogen) atoms. The molecule has 126 valence electrons. The summed E-state index contributed by atoms with van der Waals surface area (Å²) in [6, 6.07) is 11.9. The van der Waals surface area contributed by atoms with Crippen LogP contribution in [-0.4, -0.2) is 22.6 Å². The molecule has 0 aliphatic heterocycles. The van der Waals surface area contributed by atoms with Crippen LogP contribution in [0.1, 0.15) is 18.2 Å². The first-order valence-electron chi connectivity index (χ1n) is 7.61. The molecule has 0 fully saturated rings. The predicted molar refractivity (Wildman–Crippen MR) is 105 cm³/mol. The maximum Gasteiger partial charge on any atom is 0.191 e. The Morgan fingerprint density at radius 2 is 2.04 bits per heavy atom. The summed E-state index contributed by atoms with van der Waals surface area (Å²) in [5.41, 5.74) is 2.97. The Morgan fingerprint density at radius 3 is 2.83 bits per heavy atom. The molecule has 2 aromatic heterocycles. The molecule has 0 aliphatic rings. The molecule has 2 N–H and O–H groups in total. The van der Waals surface area contributed by atoms with Gasteiger partial charge in [-0.25, -0.2) is 4.99 Å². The van der Waals surface area contributed by atoms with Crippen molar-refractivity contribution in [1.29, 1.82) is 0 Å². The molecule has 3 rings (SSSR count). The SMILES string of the molecule is CCNC(=NCc1ccnc2ccccc12)NCc1ccon1.I. The van der Waals surface area contributed by atoms with Gasteiger partial charge in [0.15, 0.2) is 5.96 Å². The van der Waals surface area contributed by atoms with Gasteiger partial charge in [-0.1, -0.05) is 23.4 Å². The second-order valence-electron chi connectivity index (χ2n) is 5.03. The van der Waals surface area contributed by atoms with Crippen LogP contribution in [0.25, 0.3) is 10.9 Å². The fourth-order valence-electron chi connectivity index (χ4n) is 2.30. The number of hydrogen-bond acceptors (Lipinski definition) is 4. The van der Waals surface area contributed by atoms with E-state index in [1.165, 1.54) is 0 Å². The summed E-state index contributed by atoms with van der Waals surface area (Å²) in [7, 11) is 0. The maximum atomic E-state index is 4.83. The highest BCUT2D eigenvalue weighted by Gasteiger charge is 2.03. The fraction of sp³-hybridized carbons (Fsp3) is 0.235. The van der Waals surface area contributed by atoms with E-state index in [1.807, 2.05) is 43.5 Å². The zero-order valence-corrected chi connectivity index (χ0v) is 15.7. The van der Waals surface area contributed by atoms with Gasteiger partial charge in [0.1, 0.15) is 12.0 Å². The minimum atomic E-state index is 0. The van der Waals surface area contributed by atoms with Gasteiger partial charge in [0.25, 0.3) is 0 Å². The van der Waals surface area contributed by atoms with E-state index in [0.29, 0.717) is 13.1 Å². The first kappa shape index (κ1) is 18.2. The Bertz CT molecular complexity index is 783. The van der Waals surface area contributed by atoms with E-state index in [1.54, 1.807) is 6.26 Å². The van der Waals surface area contributed by atoms with Crippen molar-refractivity contribution in [2.24, 2.45) is 4.99 Å². The van der Waals surface area contributed by atoms with Crippen LogP contribution in [0.4, 0.5) is 0 Å². The number of nitrogens with zero attached hydrogens (tertiary/aromatic N) is 3. The van der Waals surface area contributed by atoms with Gasteiger partial charge in [0, 0.05) is 24.2 Å². The molecule has 1 aromatic carbocycles. The Morgan fingerprint density at radius 1 is 1.17 bits per heavy atom. The molecule has 0 spiro atoms. The minimum absolute atomic E-state index is 0. The van der Waals surface area contributed by atoms with E-state index >= 15 is 0 Å². The molecule has 0 amide bonds. The van der Waals surface area contributed by atoms with Crippen molar-refractivity contribution in [3.8, 4) is 0 Å². The summed E-state index contributed by atoms with van der Waals surface area (Å²) >= 11 is 0. The summed E-state index contributed by atoms with van der Waals surface area (Å²) in [4.78, 5) is 9.02. The smallest absolute Gasteiger partial charge is 0.191 e. The molecule has 3 aromatic rings. The standard InChI is InChI=1S/C17H19N5O.HI/c1-2-18-17(21-12-14-8-10-23-22-14)20-11-13-7-9-19-16-6-4-3-5-15(13)16;/h3-10H,2,11-12H2,1H3,(H2,18,20,21);1H. The van der Waals surface area contributed by atoms with Crippen molar-refractivity contribution >= 4 is 40.8 Å². The number of hydrogen-bond donors (Lipinski definition) is 2. The van der Waals surface area contributed by atoms with Gasteiger partial charge in [-0.2, -0.15) is 0 Å². The molecule has 0 unspecified atom stereocenters. The van der Waals surface area contributed by atoms with Gasteiger partial charge >= 0.3 is 0 Å². The van der Waals surface area contributed by atoms with E-state index in [-0.39, 0.29) is 24.0 Å². The zero-order valence-electron chi connectivity index (χ0n) is 13.4. The van der Waals surface area contributed by atoms with Crippen molar-refractivity contribution < 1.29 is 4.52 Å². The van der Waals surface area contributed by atoms with Crippen LogP contribution >= 0.6 is 24.0 Å². The number of nitrogens with one attached hydrogen (secondary N) is 2. The monoisotopic (exact) mass is 437 g/mol. The quantitative estimate of drug-likeness (QED) is 0.365. The van der Waals surface area contributed by atoms with Crippen molar-refractivity contribution in [2.45, 2.75) is 20.0 Å². The molecule has 0 aliphatic carbocycles. The Balaban J connectivity index is 0.00000208. The van der Waals surface area contributed by atoms with Gasteiger partial charge in [0.2, 0.25) is 0 Å². The molecule has 0 saturated heterocycles. The van der Waals surface area contributed by atoms with Crippen LogP contribution in [-0.2, 0) is 13.1 Å². The number of halogens is 1. The van der Waals surface area contributed by atoms with Crippen molar-refractivity contribution in [2.75, 3.05) is 6.54 Å². The second-order valence-corrected chi connectivity index (χ2v) is 5.03. The zero-order chi connectivity index (χ0) is 15.9. The summed E-state index contributed by atoms with van der Waals surface area (Å²) in [5.74, 6) is 0.747. The average Bonchev–Trinajstić information content (AvgIpc) is 3.11. The van der Waals surface area contributed by atoms with E-state index in [9.17, 15) is 0 Å². The number of para-hydroxylation sites is 1. The highest BCUT2D eigenvalue weighted by atomic mass is 127. The van der Waals surface area contributed by atoms with Crippen LogP contribution in [0.15, 0.2) is 58.4 Å². The number of guanidine groups is 1. The molecule has 6 nitrogen and oxygen atoms in total. The molecule has 0 saturated carbocycles. The Labute approximate surface area is 157 Å². The van der Waals surface area contributed by atoms with Gasteiger partial charge in [-0.05, 0) is 24.6 Å². The molecule has 2 heterocycles. The number of fused-ring (bicyclic) bond motifs is 1. The first-order chi connectivity index (χ1) is 11.4. The fourth-order valence-corrected chi connectivity index (χ4v) is 2.30. The average molecular weight is 437 g/mol. The lowest BCUT2D eigenvalue weighted by atomic mass is 10.1. The van der Waals surface area contributed by atoms with E-state index < -0.39 is 0 Å². The number of rotatable bonds is 5. The maximum absolute atomic E-state index is 4.83. The van der Waals surface area contributed by atoms with Gasteiger partial charge in [-0.15, -0.1) is 24.0 Å². The normalized spacial score (nSPS) is 11.1. The lowest BCUT2D eigenvalue weighted by molar-refractivity contribution is 0.410. The number of pyridine rings is 1. The third-order valence-electron chi connectivity index (χ3n) is 3.42. The topological polar surface area (TPSA) is 75.3 Å². The summed E-state index contributed by atoms with van der Waals surface area (Å²) in [6.07, 6.45) is 3.38. The highest BCUT2D eigenvalue weighted by Crippen LogP contribution is 2.16. The van der Waals surface area contributed by atoms with Gasteiger partial charge in [-0.3, -0.25) is 4.98 Å². The van der Waals surface area contributed by atoms with Crippen LogP contribution < -0.4 is 10.6 Å².